The predicted octanol–water partition coefficient (Wildman–Crippen LogP) is 2.28. The minimum absolute atomic E-state index is 0.00795. The van der Waals surface area contributed by atoms with Crippen LogP contribution in [0, 0.1) is 9.49 Å². The number of amides is 2. The predicted molar refractivity (Wildman–Crippen MR) is 141 cm³/mol. The molecule has 0 bridgehead atoms. The molecule has 1 aromatic carbocycles. The number of carbonyl (C=O) groups is 2. The molecule has 0 spiro atoms. The molecule has 11 heteroatoms. The Kier molecular flexibility index (Phi) is 8.84. The molecular weight excluding hydrogens is 563 g/mol. The SMILES string of the molecule is CCOc1cc(N)c(I)cc1C(=O)NCC1CN(CC2CCN(C(=O)n3ccnc3)CC2)CCO1. The first-order chi connectivity index (χ1) is 16.9. The van der Waals surface area contributed by atoms with Gasteiger partial charge in [-0.3, -0.25) is 14.3 Å². The number of carbonyl (C=O) groups excluding carboxylic acids is 2. The average molecular weight is 596 g/mol. The lowest BCUT2D eigenvalue weighted by atomic mass is 9.96. The summed E-state index contributed by atoms with van der Waals surface area (Å²) in [6, 6.07) is 3.45. The van der Waals surface area contributed by atoms with E-state index < -0.39 is 0 Å². The van der Waals surface area contributed by atoms with Crippen LogP contribution >= 0.6 is 22.6 Å². The second-order valence-corrected chi connectivity index (χ2v) is 10.1. The molecule has 2 aliphatic heterocycles. The van der Waals surface area contributed by atoms with Gasteiger partial charge in [-0.05, 0) is 54.3 Å². The number of piperidine rings is 1. The van der Waals surface area contributed by atoms with Gasteiger partial charge in [0.05, 0.1) is 24.9 Å². The normalized spacial score (nSPS) is 19.5. The maximum atomic E-state index is 12.9. The summed E-state index contributed by atoms with van der Waals surface area (Å²) < 4.78 is 13.9. The van der Waals surface area contributed by atoms with Crippen LogP contribution in [0.4, 0.5) is 10.5 Å². The van der Waals surface area contributed by atoms with Crippen molar-refractivity contribution in [1.82, 2.24) is 24.7 Å². The van der Waals surface area contributed by atoms with Crippen LogP contribution in [0.2, 0.25) is 0 Å². The Balaban J connectivity index is 1.24. The van der Waals surface area contributed by atoms with Crippen molar-refractivity contribution < 1.29 is 19.1 Å². The molecule has 35 heavy (non-hydrogen) atoms. The molecule has 190 valence electrons. The molecular formula is C24H33IN6O4. The summed E-state index contributed by atoms with van der Waals surface area (Å²) in [6.45, 7) is 7.55. The number of aromatic nitrogens is 2. The smallest absolute Gasteiger partial charge is 0.329 e. The van der Waals surface area contributed by atoms with Gasteiger partial charge in [0.25, 0.3) is 5.91 Å². The molecule has 2 aliphatic rings. The number of morpholine rings is 1. The van der Waals surface area contributed by atoms with Crippen molar-refractivity contribution in [2.24, 2.45) is 5.92 Å². The second-order valence-electron chi connectivity index (χ2n) is 8.95. The van der Waals surface area contributed by atoms with Crippen molar-refractivity contribution in [3.63, 3.8) is 0 Å². The quantitative estimate of drug-likeness (QED) is 0.373. The molecule has 3 heterocycles. The van der Waals surface area contributed by atoms with Crippen molar-refractivity contribution in [2.45, 2.75) is 25.9 Å². The number of anilines is 1. The summed E-state index contributed by atoms with van der Waals surface area (Å²) in [5, 5.41) is 3.00. The van der Waals surface area contributed by atoms with Crippen LogP contribution in [0.25, 0.3) is 0 Å². The van der Waals surface area contributed by atoms with E-state index in [-0.39, 0.29) is 18.0 Å². The van der Waals surface area contributed by atoms with Crippen molar-refractivity contribution in [3.8, 4) is 5.75 Å². The van der Waals surface area contributed by atoms with E-state index in [1.807, 2.05) is 11.8 Å². The maximum absolute atomic E-state index is 12.9. The van der Waals surface area contributed by atoms with Gasteiger partial charge < -0.3 is 25.4 Å². The van der Waals surface area contributed by atoms with Gasteiger partial charge in [-0.15, -0.1) is 0 Å². The molecule has 1 atom stereocenters. The number of halogens is 1. The van der Waals surface area contributed by atoms with Gasteiger partial charge in [0, 0.05) is 67.0 Å². The number of hydrogen-bond donors (Lipinski definition) is 2. The number of likely N-dealkylation sites (tertiary alicyclic amines) is 1. The Morgan fingerprint density at radius 3 is 2.80 bits per heavy atom. The number of hydrogen-bond acceptors (Lipinski definition) is 7. The average Bonchev–Trinajstić information content (AvgIpc) is 3.40. The van der Waals surface area contributed by atoms with E-state index in [0.717, 1.165) is 49.1 Å². The topological polar surface area (TPSA) is 115 Å². The Morgan fingerprint density at radius 2 is 2.09 bits per heavy atom. The van der Waals surface area contributed by atoms with Gasteiger partial charge >= 0.3 is 6.03 Å². The number of nitrogens with one attached hydrogen (secondary N) is 1. The lowest BCUT2D eigenvalue weighted by molar-refractivity contribution is -0.0330. The summed E-state index contributed by atoms with van der Waals surface area (Å²) in [5.74, 6) is 0.842. The highest BCUT2D eigenvalue weighted by molar-refractivity contribution is 14.1. The van der Waals surface area contributed by atoms with Crippen LogP contribution in [0.5, 0.6) is 5.75 Å². The van der Waals surface area contributed by atoms with Gasteiger partial charge in [0.2, 0.25) is 0 Å². The first-order valence-electron chi connectivity index (χ1n) is 12.1. The van der Waals surface area contributed by atoms with Crippen molar-refractivity contribution >= 4 is 40.2 Å². The first kappa shape index (κ1) is 25.7. The van der Waals surface area contributed by atoms with Gasteiger partial charge in [-0.1, -0.05) is 0 Å². The standard InChI is InChI=1S/C24H33IN6O4/c1-2-34-22-12-21(26)20(25)11-19(22)23(32)28-13-18-15-29(9-10-35-18)14-17-3-6-30(7-4-17)24(33)31-8-5-27-16-31/h5,8,11-12,16-18H,2-4,6-7,9-10,13-15,26H2,1H3,(H,28,32). The summed E-state index contributed by atoms with van der Waals surface area (Å²) in [7, 11) is 0. The van der Waals surface area contributed by atoms with E-state index in [0.29, 0.717) is 42.7 Å². The van der Waals surface area contributed by atoms with E-state index in [9.17, 15) is 9.59 Å². The molecule has 1 aromatic heterocycles. The van der Waals surface area contributed by atoms with Gasteiger partial charge in [0.15, 0.2) is 0 Å². The number of rotatable bonds is 7. The molecule has 0 aliphatic carbocycles. The van der Waals surface area contributed by atoms with E-state index in [2.05, 4.69) is 37.8 Å². The van der Waals surface area contributed by atoms with Gasteiger partial charge in [-0.25, -0.2) is 9.78 Å². The van der Waals surface area contributed by atoms with Crippen LogP contribution in [-0.2, 0) is 4.74 Å². The number of nitrogens with two attached hydrogens (primary N) is 1. The van der Waals surface area contributed by atoms with E-state index in [1.54, 1.807) is 30.9 Å². The molecule has 3 N–H and O–H groups in total. The zero-order chi connectivity index (χ0) is 24.8. The van der Waals surface area contributed by atoms with Gasteiger partial charge in [0.1, 0.15) is 12.1 Å². The number of nitrogen functional groups attached to an aromatic ring is 1. The first-order valence-corrected chi connectivity index (χ1v) is 13.1. The zero-order valence-electron chi connectivity index (χ0n) is 20.0. The Morgan fingerprint density at radius 1 is 1.29 bits per heavy atom. The van der Waals surface area contributed by atoms with Crippen LogP contribution in [-0.4, -0.2) is 89.9 Å². The molecule has 2 fully saturated rings. The molecule has 2 amide bonds. The third kappa shape index (κ3) is 6.64. The molecule has 2 saturated heterocycles. The van der Waals surface area contributed by atoms with Crippen molar-refractivity contribution in [3.05, 3.63) is 40.0 Å². The van der Waals surface area contributed by atoms with Crippen LogP contribution in [0.15, 0.2) is 30.9 Å². The second kappa shape index (κ2) is 12.0. The van der Waals surface area contributed by atoms with E-state index in [1.165, 1.54) is 4.57 Å². The summed E-state index contributed by atoms with van der Waals surface area (Å²) in [4.78, 5) is 33.6. The molecule has 1 unspecified atom stereocenters. The fraction of sp³-hybridized carbons (Fsp3) is 0.542. The third-order valence-electron chi connectivity index (χ3n) is 6.48. The minimum atomic E-state index is -0.193. The fourth-order valence-electron chi connectivity index (χ4n) is 4.60. The van der Waals surface area contributed by atoms with E-state index >= 15 is 0 Å². The third-order valence-corrected chi connectivity index (χ3v) is 7.42. The molecule has 0 saturated carbocycles. The van der Waals surface area contributed by atoms with Crippen LogP contribution in [0.1, 0.15) is 30.1 Å². The number of ether oxygens (including phenoxy) is 2. The maximum Gasteiger partial charge on any atom is 0.329 e. The lowest BCUT2D eigenvalue weighted by Crippen LogP contribution is -2.50. The highest BCUT2D eigenvalue weighted by Gasteiger charge is 2.28. The van der Waals surface area contributed by atoms with Gasteiger partial charge in [-0.2, -0.15) is 0 Å². The zero-order valence-corrected chi connectivity index (χ0v) is 22.1. The molecule has 4 rings (SSSR count). The van der Waals surface area contributed by atoms with E-state index in [4.69, 9.17) is 15.2 Å². The monoisotopic (exact) mass is 596 g/mol. The molecule has 2 aromatic rings. The Labute approximate surface area is 219 Å². The highest BCUT2D eigenvalue weighted by atomic mass is 127. The summed E-state index contributed by atoms with van der Waals surface area (Å²) in [5.41, 5.74) is 7.05. The van der Waals surface area contributed by atoms with Crippen molar-refractivity contribution in [2.75, 3.05) is 58.2 Å². The lowest BCUT2D eigenvalue weighted by Gasteiger charge is -2.38. The molecule has 0 radical (unpaired) electrons. The fourth-order valence-corrected chi connectivity index (χ4v) is 5.07. The largest absolute Gasteiger partial charge is 0.493 e. The summed E-state index contributed by atoms with van der Waals surface area (Å²) in [6.07, 6.45) is 6.75. The number of nitrogens with zero attached hydrogens (tertiary/aromatic N) is 4. The van der Waals surface area contributed by atoms with Crippen LogP contribution < -0.4 is 15.8 Å². The van der Waals surface area contributed by atoms with Crippen LogP contribution in [0.3, 0.4) is 0 Å². The van der Waals surface area contributed by atoms with Crippen molar-refractivity contribution in [1.29, 1.82) is 0 Å². The Bertz CT molecular complexity index is 1010. The number of benzene rings is 1. The Hall–Kier alpha value is -2.38. The minimum Gasteiger partial charge on any atom is -0.493 e. The summed E-state index contributed by atoms with van der Waals surface area (Å²) >= 11 is 2.12. The number of imidazole rings is 1. The highest BCUT2D eigenvalue weighted by Crippen LogP contribution is 2.27. The molecule has 10 nitrogen and oxygen atoms in total.